The lowest BCUT2D eigenvalue weighted by Gasteiger charge is -2.09. The molecule has 0 saturated carbocycles. The number of nitrogens with zero attached hydrogens (tertiary/aromatic N) is 1. The number of aromatic amines is 1. The van der Waals surface area contributed by atoms with E-state index in [-0.39, 0.29) is 5.91 Å². The van der Waals surface area contributed by atoms with Crippen LogP contribution in [0.5, 0.6) is 11.5 Å². The normalized spacial score (nSPS) is 10.5. The summed E-state index contributed by atoms with van der Waals surface area (Å²) < 4.78 is 10.9. The van der Waals surface area contributed by atoms with Crippen molar-refractivity contribution in [1.82, 2.24) is 15.5 Å². The van der Waals surface area contributed by atoms with Gasteiger partial charge >= 0.3 is 0 Å². The van der Waals surface area contributed by atoms with Crippen molar-refractivity contribution in [2.75, 3.05) is 13.7 Å². The maximum absolute atomic E-state index is 12.5. The highest BCUT2D eigenvalue weighted by Crippen LogP contribution is 2.31. The lowest BCUT2D eigenvalue weighted by molar-refractivity contribution is 0.0945. The first-order chi connectivity index (χ1) is 13.1. The smallest absolute Gasteiger partial charge is 0.269 e. The van der Waals surface area contributed by atoms with Gasteiger partial charge in [0, 0.05) is 22.7 Å². The number of benzene rings is 2. The van der Waals surface area contributed by atoms with Gasteiger partial charge in [0.05, 0.1) is 19.4 Å². The van der Waals surface area contributed by atoms with Crippen LogP contribution in [0.4, 0.5) is 0 Å². The summed E-state index contributed by atoms with van der Waals surface area (Å²) in [4.78, 5) is 12.5. The number of halogens is 1. The summed E-state index contributed by atoms with van der Waals surface area (Å²) in [5, 5.41) is 10.4. The second kappa shape index (κ2) is 8.60. The average molecular weight is 386 g/mol. The van der Waals surface area contributed by atoms with Crippen LogP contribution in [0, 0.1) is 0 Å². The number of carbonyl (C=O) groups is 1. The number of rotatable bonds is 7. The Morgan fingerprint density at radius 3 is 2.78 bits per heavy atom. The van der Waals surface area contributed by atoms with Gasteiger partial charge in [-0.2, -0.15) is 5.10 Å². The minimum absolute atomic E-state index is 0.264. The Morgan fingerprint density at radius 1 is 1.19 bits per heavy atom. The molecule has 27 heavy (non-hydrogen) atoms. The van der Waals surface area contributed by atoms with E-state index in [0.717, 1.165) is 16.9 Å². The molecule has 0 radical (unpaired) electrons. The van der Waals surface area contributed by atoms with Crippen molar-refractivity contribution >= 4 is 17.5 Å². The van der Waals surface area contributed by atoms with Crippen LogP contribution in [0.2, 0.25) is 5.02 Å². The number of hydrogen-bond donors (Lipinski definition) is 2. The number of para-hydroxylation sites is 1. The van der Waals surface area contributed by atoms with E-state index >= 15 is 0 Å². The van der Waals surface area contributed by atoms with Gasteiger partial charge in [-0.3, -0.25) is 9.89 Å². The van der Waals surface area contributed by atoms with E-state index in [4.69, 9.17) is 21.1 Å². The molecule has 1 heterocycles. The fourth-order valence-electron chi connectivity index (χ4n) is 2.68. The van der Waals surface area contributed by atoms with Crippen LogP contribution >= 0.6 is 11.6 Å². The fourth-order valence-corrected chi connectivity index (χ4v) is 2.85. The van der Waals surface area contributed by atoms with Crippen LogP contribution in [0.1, 0.15) is 23.0 Å². The van der Waals surface area contributed by atoms with Crippen LogP contribution in [0.15, 0.2) is 48.5 Å². The first-order valence-electron chi connectivity index (χ1n) is 8.50. The molecule has 3 rings (SSSR count). The molecule has 0 aliphatic heterocycles. The molecule has 0 aliphatic rings. The number of hydrogen-bond acceptors (Lipinski definition) is 4. The molecule has 0 saturated heterocycles. The second-order valence-corrected chi connectivity index (χ2v) is 6.17. The lowest BCUT2D eigenvalue weighted by Crippen LogP contribution is -2.23. The molecule has 0 unspecified atom stereocenters. The topological polar surface area (TPSA) is 76.2 Å². The highest BCUT2D eigenvalue weighted by molar-refractivity contribution is 6.31. The second-order valence-electron chi connectivity index (χ2n) is 5.73. The number of methoxy groups -OCH3 is 1. The van der Waals surface area contributed by atoms with E-state index in [1.54, 1.807) is 31.4 Å². The van der Waals surface area contributed by atoms with Gasteiger partial charge in [-0.25, -0.2) is 0 Å². The molecule has 0 aliphatic carbocycles. The number of aromatic nitrogens is 2. The van der Waals surface area contributed by atoms with Crippen molar-refractivity contribution < 1.29 is 14.3 Å². The van der Waals surface area contributed by atoms with Gasteiger partial charge in [0.2, 0.25) is 0 Å². The fraction of sp³-hybridized carbons (Fsp3) is 0.200. The predicted molar refractivity (Wildman–Crippen MR) is 104 cm³/mol. The van der Waals surface area contributed by atoms with Crippen LogP contribution in [0.25, 0.3) is 11.3 Å². The lowest BCUT2D eigenvalue weighted by atomic mass is 10.1. The van der Waals surface area contributed by atoms with E-state index < -0.39 is 0 Å². The van der Waals surface area contributed by atoms with Crippen molar-refractivity contribution in [2.45, 2.75) is 13.5 Å². The summed E-state index contributed by atoms with van der Waals surface area (Å²) >= 11 is 6.10. The van der Waals surface area contributed by atoms with E-state index in [0.29, 0.717) is 35.3 Å². The standard InChI is InChI=1S/C20H20ClN3O3/c1-3-27-19-9-8-14(21)10-15(19)16-11-17(24-23-16)20(25)22-12-13-6-4-5-7-18(13)26-2/h4-11H,3,12H2,1-2H3,(H,22,25)(H,23,24). The van der Waals surface area contributed by atoms with Gasteiger partial charge in [-0.15, -0.1) is 0 Å². The third-order valence-corrected chi connectivity index (χ3v) is 4.21. The summed E-state index contributed by atoms with van der Waals surface area (Å²) in [7, 11) is 1.60. The van der Waals surface area contributed by atoms with Crippen molar-refractivity contribution in [2.24, 2.45) is 0 Å². The van der Waals surface area contributed by atoms with Crippen molar-refractivity contribution in [3.05, 3.63) is 64.8 Å². The minimum Gasteiger partial charge on any atom is -0.496 e. The average Bonchev–Trinajstić information content (AvgIpc) is 3.18. The largest absolute Gasteiger partial charge is 0.496 e. The van der Waals surface area contributed by atoms with Crippen molar-refractivity contribution in [3.8, 4) is 22.8 Å². The number of carbonyl (C=O) groups excluding carboxylic acids is 1. The molecule has 7 heteroatoms. The minimum atomic E-state index is -0.264. The molecule has 1 aromatic heterocycles. The van der Waals surface area contributed by atoms with Crippen LogP contribution in [-0.4, -0.2) is 29.8 Å². The third-order valence-electron chi connectivity index (χ3n) is 3.97. The van der Waals surface area contributed by atoms with Gasteiger partial charge in [0.1, 0.15) is 17.2 Å². The van der Waals surface area contributed by atoms with Crippen LogP contribution in [-0.2, 0) is 6.54 Å². The van der Waals surface area contributed by atoms with Crippen LogP contribution < -0.4 is 14.8 Å². The molecular formula is C20H20ClN3O3. The highest BCUT2D eigenvalue weighted by atomic mass is 35.5. The van der Waals surface area contributed by atoms with E-state index in [1.807, 2.05) is 31.2 Å². The summed E-state index contributed by atoms with van der Waals surface area (Å²) in [5.74, 6) is 1.12. The molecule has 0 spiro atoms. The molecule has 0 fully saturated rings. The predicted octanol–water partition coefficient (Wildman–Crippen LogP) is 4.07. The summed E-state index contributed by atoms with van der Waals surface area (Å²) in [6.07, 6.45) is 0. The zero-order valence-electron chi connectivity index (χ0n) is 15.1. The summed E-state index contributed by atoms with van der Waals surface area (Å²) in [6, 6.07) is 14.5. The van der Waals surface area contributed by atoms with Crippen LogP contribution in [0.3, 0.4) is 0 Å². The third kappa shape index (κ3) is 4.41. The van der Waals surface area contributed by atoms with Gasteiger partial charge in [0.15, 0.2) is 0 Å². The first kappa shape index (κ1) is 18.8. The van der Waals surface area contributed by atoms with Crippen molar-refractivity contribution in [1.29, 1.82) is 0 Å². The molecule has 0 bridgehead atoms. The Bertz CT molecular complexity index is 940. The monoisotopic (exact) mass is 385 g/mol. The number of ether oxygens (including phenoxy) is 2. The van der Waals surface area contributed by atoms with E-state index in [2.05, 4.69) is 15.5 Å². The molecular weight excluding hydrogens is 366 g/mol. The quantitative estimate of drug-likeness (QED) is 0.642. The maximum atomic E-state index is 12.5. The number of nitrogens with one attached hydrogen (secondary N) is 2. The number of H-pyrrole nitrogens is 1. The van der Waals surface area contributed by atoms with Crippen molar-refractivity contribution in [3.63, 3.8) is 0 Å². The zero-order valence-corrected chi connectivity index (χ0v) is 15.8. The SMILES string of the molecule is CCOc1ccc(Cl)cc1-c1cc(C(=O)NCc2ccccc2OC)[nH]n1. The molecule has 140 valence electrons. The molecule has 6 nitrogen and oxygen atoms in total. The Hall–Kier alpha value is -2.99. The summed E-state index contributed by atoms with van der Waals surface area (Å²) in [6.45, 7) is 2.77. The first-order valence-corrected chi connectivity index (χ1v) is 8.88. The molecule has 2 aromatic carbocycles. The van der Waals surface area contributed by atoms with Gasteiger partial charge in [-0.1, -0.05) is 29.8 Å². The molecule has 3 aromatic rings. The molecule has 2 N–H and O–H groups in total. The zero-order chi connectivity index (χ0) is 19.2. The maximum Gasteiger partial charge on any atom is 0.269 e. The molecule has 1 amide bonds. The Labute approximate surface area is 162 Å². The highest BCUT2D eigenvalue weighted by Gasteiger charge is 2.15. The van der Waals surface area contributed by atoms with E-state index in [9.17, 15) is 4.79 Å². The van der Waals surface area contributed by atoms with Gasteiger partial charge in [-0.05, 0) is 37.3 Å². The van der Waals surface area contributed by atoms with Gasteiger partial charge < -0.3 is 14.8 Å². The number of amides is 1. The molecule has 0 atom stereocenters. The van der Waals surface area contributed by atoms with E-state index in [1.165, 1.54) is 0 Å². The Morgan fingerprint density at radius 2 is 2.00 bits per heavy atom. The van der Waals surface area contributed by atoms with Gasteiger partial charge in [0.25, 0.3) is 5.91 Å². The summed E-state index contributed by atoms with van der Waals surface area (Å²) in [5.41, 5.74) is 2.55. The Kier molecular flexibility index (Phi) is 5.98. The Balaban J connectivity index is 1.76.